The van der Waals surface area contributed by atoms with Gasteiger partial charge in [-0.25, -0.2) is 0 Å². The van der Waals surface area contributed by atoms with Crippen molar-refractivity contribution >= 4 is 0 Å². The number of hydrogen-bond donors (Lipinski definition) is 1. The maximum atomic E-state index is 4.74. The Morgan fingerprint density at radius 2 is 2.12 bits per heavy atom. The Bertz CT molecular complexity index is 339. The first-order valence-corrected chi connectivity index (χ1v) is 6.92. The molecule has 17 heavy (non-hydrogen) atoms. The Balaban J connectivity index is 1.93. The van der Waals surface area contributed by atoms with Crippen molar-refractivity contribution in [2.24, 2.45) is 5.92 Å². The number of hydrogen-bond acceptors (Lipinski definition) is 2. The molecule has 0 amide bonds. The van der Waals surface area contributed by atoms with E-state index in [1.807, 2.05) is 7.05 Å². The van der Waals surface area contributed by atoms with Gasteiger partial charge in [0.05, 0.1) is 11.7 Å². The summed E-state index contributed by atoms with van der Waals surface area (Å²) in [5.74, 6) is 0.631. The van der Waals surface area contributed by atoms with Gasteiger partial charge >= 0.3 is 0 Å². The fourth-order valence-electron chi connectivity index (χ4n) is 2.65. The van der Waals surface area contributed by atoms with Gasteiger partial charge in [-0.3, -0.25) is 4.68 Å². The number of nitrogens with zero attached hydrogens (tertiary/aromatic N) is 2. The van der Waals surface area contributed by atoms with Crippen molar-refractivity contribution in [3.8, 4) is 0 Å². The van der Waals surface area contributed by atoms with E-state index in [2.05, 4.69) is 36.1 Å². The summed E-state index contributed by atoms with van der Waals surface area (Å²) in [7, 11) is 2.03. The summed E-state index contributed by atoms with van der Waals surface area (Å²) in [5, 5.41) is 8.05. The molecule has 1 aliphatic carbocycles. The van der Waals surface area contributed by atoms with Crippen LogP contribution in [0.4, 0.5) is 0 Å². The lowest BCUT2D eigenvalue weighted by molar-refractivity contribution is 0.412. The molecule has 0 radical (unpaired) electrons. The van der Waals surface area contributed by atoms with Crippen LogP contribution in [0, 0.1) is 5.92 Å². The molecular formula is C14H25N3. The van der Waals surface area contributed by atoms with E-state index in [0.717, 1.165) is 6.42 Å². The molecule has 1 fully saturated rings. The first kappa shape index (κ1) is 12.6. The fraction of sp³-hybridized carbons (Fsp3) is 0.786. The van der Waals surface area contributed by atoms with E-state index in [9.17, 15) is 0 Å². The molecule has 1 aliphatic rings. The van der Waals surface area contributed by atoms with E-state index in [-0.39, 0.29) is 0 Å². The molecule has 1 heterocycles. The summed E-state index contributed by atoms with van der Waals surface area (Å²) in [6.07, 6.45) is 8.59. The van der Waals surface area contributed by atoms with Crippen molar-refractivity contribution in [3.05, 3.63) is 18.0 Å². The van der Waals surface area contributed by atoms with Gasteiger partial charge in [0.2, 0.25) is 0 Å². The minimum Gasteiger partial charge on any atom is -0.317 e. The van der Waals surface area contributed by atoms with Crippen molar-refractivity contribution in [3.63, 3.8) is 0 Å². The van der Waals surface area contributed by atoms with Crippen LogP contribution in [0.1, 0.15) is 51.3 Å². The molecule has 0 aliphatic heterocycles. The summed E-state index contributed by atoms with van der Waals surface area (Å²) < 4.78 is 2.19. The van der Waals surface area contributed by atoms with Crippen LogP contribution in [-0.4, -0.2) is 22.9 Å². The number of rotatable bonds is 5. The molecular weight excluding hydrogens is 210 g/mol. The summed E-state index contributed by atoms with van der Waals surface area (Å²) in [6, 6.07) is 3.41. The lowest BCUT2D eigenvalue weighted by atomic mass is 9.98. The van der Waals surface area contributed by atoms with E-state index in [0.29, 0.717) is 18.0 Å². The van der Waals surface area contributed by atoms with Gasteiger partial charge < -0.3 is 5.32 Å². The molecule has 3 heteroatoms. The van der Waals surface area contributed by atoms with E-state index in [1.54, 1.807) is 0 Å². The van der Waals surface area contributed by atoms with Gasteiger partial charge in [0.25, 0.3) is 0 Å². The number of nitrogens with one attached hydrogen (secondary N) is 1. The number of aromatic nitrogens is 2. The van der Waals surface area contributed by atoms with Gasteiger partial charge in [-0.1, -0.05) is 19.8 Å². The molecule has 2 rings (SSSR count). The highest BCUT2D eigenvalue weighted by Crippen LogP contribution is 2.28. The van der Waals surface area contributed by atoms with Gasteiger partial charge in [-0.2, -0.15) is 5.10 Å². The molecule has 2 unspecified atom stereocenters. The summed E-state index contributed by atoms with van der Waals surface area (Å²) in [4.78, 5) is 0. The van der Waals surface area contributed by atoms with Crippen LogP contribution >= 0.6 is 0 Å². The third kappa shape index (κ3) is 3.09. The Kier molecular flexibility index (Phi) is 4.21. The fourth-order valence-corrected chi connectivity index (χ4v) is 2.65. The summed E-state index contributed by atoms with van der Waals surface area (Å²) in [5.41, 5.74) is 1.24. The van der Waals surface area contributed by atoms with Crippen LogP contribution in [-0.2, 0) is 6.42 Å². The Morgan fingerprint density at radius 3 is 2.76 bits per heavy atom. The van der Waals surface area contributed by atoms with Crippen molar-refractivity contribution < 1.29 is 0 Å². The van der Waals surface area contributed by atoms with Crippen LogP contribution in [0.2, 0.25) is 0 Å². The molecule has 1 N–H and O–H groups in total. The van der Waals surface area contributed by atoms with Gasteiger partial charge in [0, 0.05) is 12.2 Å². The van der Waals surface area contributed by atoms with Crippen LogP contribution in [0.15, 0.2) is 12.3 Å². The highest BCUT2D eigenvalue weighted by Gasteiger charge is 2.18. The van der Waals surface area contributed by atoms with E-state index in [4.69, 9.17) is 5.10 Å². The largest absolute Gasteiger partial charge is 0.317 e. The van der Waals surface area contributed by atoms with E-state index < -0.39 is 0 Å². The van der Waals surface area contributed by atoms with Crippen molar-refractivity contribution in [1.29, 1.82) is 0 Å². The molecule has 0 bridgehead atoms. The zero-order valence-electron chi connectivity index (χ0n) is 11.3. The Labute approximate surface area is 105 Å². The minimum absolute atomic E-state index is 0.548. The average molecular weight is 235 g/mol. The molecule has 0 aromatic carbocycles. The Hall–Kier alpha value is -0.830. The maximum absolute atomic E-state index is 4.74. The normalized spacial score (nSPS) is 20.6. The molecule has 1 aromatic rings. The van der Waals surface area contributed by atoms with E-state index in [1.165, 1.54) is 31.4 Å². The van der Waals surface area contributed by atoms with Crippen LogP contribution in [0.5, 0.6) is 0 Å². The maximum Gasteiger partial charge on any atom is 0.0627 e. The first-order valence-electron chi connectivity index (χ1n) is 6.92. The van der Waals surface area contributed by atoms with Gasteiger partial charge in [-0.05, 0) is 45.2 Å². The lowest BCUT2D eigenvalue weighted by Crippen LogP contribution is -2.30. The molecule has 96 valence electrons. The first-order chi connectivity index (χ1) is 8.20. The van der Waals surface area contributed by atoms with E-state index >= 15 is 0 Å². The minimum atomic E-state index is 0.548. The van der Waals surface area contributed by atoms with Crippen LogP contribution in [0.3, 0.4) is 0 Å². The molecule has 2 atom stereocenters. The quantitative estimate of drug-likeness (QED) is 0.850. The van der Waals surface area contributed by atoms with Crippen LogP contribution in [0.25, 0.3) is 0 Å². The third-order valence-corrected chi connectivity index (χ3v) is 4.20. The standard InChI is InChI=1S/C14H25N3/c1-11(12(2)15-3)10-13-8-9-17(16-13)14-6-4-5-7-14/h8-9,11-12,14-15H,4-7,10H2,1-3H3. The third-order valence-electron chi connectivity index (χ3n) is 4.20. The average Bonchev–Trinajstić information content (AvgIpc) is 2.97. The highest BCUT2D eigenvalue weighted by molar-refractivity contribution is 5.02. The predicted octanol–water partition coefficient (Wildman–Crippen LogP) is 2.78. The lowest BCUT2D eigenvalue weighted by Gasteiger charge is -2.18. The molecule has 0 saturated heterocycles. The highest BCUT2D eigenvalue weighted by atomic mass is 15.3. The second kappa shape index (κ2) is 5.67. The second-order valence-electron chi connectivity index (χ2n) is 5.48. The SMILES string of the molecule is CNC(C)C(C)Cc1ccn(C2CCCC2)n1. The molecule has 1 saturated carbocycles. The predicted molar refractivity (Wildman–Crippen MR) is 71.1 cm³/mol. The van der Waals surface area contributed by atoms with Gasteiger partial charge in [0.15, 0.2) is 0 Å². The van der Waals surface area contributed by atoms with Gasteiger partial charge in [-0.15, -0.1) is 0 Å². The van der Waals surface area contributed by atoms with Crippen LogP contribution < -0.4 is 5.32 Å². The smallest absolute Gasteiger partial charge is 0.0627 e. The molecule has 0 spiro atoms. The Morgan fingerprint density at radius 1 is 1.41 bits per heavy atom. The topological polar surface area (TPSA) is 29.9 Å². The zero-order chi connectivity index (χ0) is 12.3. The second-order valence-corrected chi connectivity index (χ2v) is 5.48. The molecule has 3 nitrogen and oxygen atoms in total. The monoisotopic (exact) mass is 235 g/mol. The van der Waals surface area contributed by atoms with Crippen molar-refractivity contribution in [2.75, 3.05) is 7.05 Å². The van der Waals surface area contributed by atoms with Gasteiger partial charge in [0.1, 0.15) is 0 Å². The molecule has 1 aromatic heterocycles. The van der Waals surface area contributed by atoms with Crippen molar-refractivity contribution in [2.45, 2.75) is 58.0 Å². The summed E-state index contributed by atoms with van der Waals surface area (Å²) >= 11 is 0. The summed E-state index contributed by atoms with van der Waals surface area (Å²) in [6.45, 7) is 4.52. The zero-order valence-corrected chi connectivity index (χ0v) is 11.3. The van der Waals surface area contributed by atoms with Crippen molar-refractivity contribution in [1.82, 2.24) is 15.1 Å².